The van der Waals surface area contributed by atoms with E-state index in [9.17, 15) is 0 Å². The predicted octanol–water partition coefficient (Wildman–Crippen LogP) is 2.14. The zero-order valence-electron chi connectivity index (χ0n) is 14.7. The van der Waals surface area contributed by atoms with E-state index in [1.165, 1.54) is 0 Å². The van der Waals surface area contributed by atoms with Gasteiger partial charge in [-0.2, -0.15) is 0 Å². The van der Waals surface area contributed by atoms with Gasteiger partial charge in [-0.05, 0) is 12.1 Å². The highest BCUT2D eigenvalue weighted by molar-refractivity contribution is 5.82. The highest BCUT2D eigenvalue weighted by Gasteiger charge is 2.21. The number of nitrogens with one attached hydrogen (secondary N) is 1. The van der Waals surface area contributed by atoms with Gasteiger partial charge in [0.15, 0.2) is 17.3 Å². The van der Waals surface area contributed by atoms with Crippen LogP contribution < -0.4 is 9.80 Å². The second-order valence-electron chi connectivity index (χ2n) is 6.42. The molecule has 1 fully saturated rings. The fourth-order valence-corrected chi connectivity index (χ4v) is 3.40. The molecule has 0 unspecified atom stereocenters. The molecular weight excluding hydrogens is 340 g/mol. The molecular formula is C19H18N8. The van der Waals surface area contributed by atoms with Crippen molar-refractivity contribution in [2.24, 2.45) is 0 Å². The van der Waals surface area contributed by atoms with E-state index in [0.29, 0.717) is 5.65 Å². The Morgan fingerprint density at radius 2 is 1.59 bits per heavy atom. The molecule has 0 amide bonds. The molecule has 3 aromatic heterocycles. The van der Waals surface area contributed by atoms with Gasteiger partial charge in [-0.1, -0.05) is 30.3 Å². The lowest BCUT2D eigenvalue weighted by atomic mass is 10.1. The van der Waals surface area contributed by atoms with Crippen molar-refractivity contribution in [3.05, 3.63) is 55.1 Å². The molecule has 0 bridgehead atoms. The second-order valence-corrected chi connectivity index (χ2v) is 6.42. The topological polar surface area (TPSA) is 86.7 Å². The minimum absolute atomic E-state index is 0.699. The van der Waals surface area contributed by atoms with E-state index in [0.717, 1.165) is 54.6 Å². The van der Waals surface area contributed by atoms with Gasteiger partial charge in [-0.3, -0.25) is 0 Å². The van der Waals surface area contributed by atoms with Crippen LogP contribution in [0.5, 0.6) is 0 Å². The third kappa shape index (κ3) is 2.95. The summed E-state index contributed by atoms with van der Waals surface area (Å²) in [4.78, 5) is 20.5. The molecule has 8 nitrogen and oxygen atoms in total. The average molecular weight is 358 g/mol. The van der Waals surface area contributed by atoms with Crippen molar-refractivity contribution in [3.8, 4) is 11.3 Å². The van der Waals surface area contributed by atoms with Crippen molar-refractivity contribution >= 4 is 22.8 Å². The van der Waals surface area contributed by atoms with Gasteiger partial charge in [0, 0.05) is 31.7 Å². The zero-order valence-corrected chi connectivity index (χ0v) is 14.7. The molecule has 0 spiro atoms. The number of hydrogen-bond acceptors (Lipinski definition) is 7. The Morgan fingerprint density at radius 1 is 0.778 bits per heavy atom. The maximum atomic E-state index is 4.44. The number of H-pyrrole nitrogens is 1. The number of aromatic amines is 1. The minimum atomic E-state index is 0.699. The van der Waals surface area contributed by atoms with Crippen LogP contribution in [0.4, 0.5) is 11.6 Å². The molecule has 134 valence electrons. The molecule has 0 saturated carbocycles. The molecule has 4 aromatic rings. The van der Waals surface area contributed by atoms with Crippen LogP contribution >= 0.6 is 0 Å². The minimum Gasteiger partial charge on any atom is -0.352 e. The Kier molecular flexibility index (Phi) is 3.86. The van der Waals surface area contributed by atoms with E-state index in [2.05, 4.69) is 39.9 Å². The Bertz CT molecular complexity index is 1040. The maximum absolute atomic E-state index is 4.44. The predicted molar refractivity (Wildman–Crippen MR) is 104 cm³/mol. The van der Waals surface area contributed by atoms with Gasteiger partial charge in [0.1, 0.15) is 11.8 Å². The molecule has 0 radical (unpaired) electrons. The first-order valence-electron chi connectivity index (χ1n) is 8.91. The summed E-state index contributed by atoms with van der Waals surface area (Å²) in [5.41, 5.74) is 3.55. The van der Waals surface area contributed by atoms with Crippen molar-refractivity contribution in [2.45, 2.75) is 0 Å². The molecule has 4 heterocycles. The summed E-state index contributed by atoms with van der Waals surface area (Å²) in [5.74, 6) is 1.81. The van der Waals surface area contributed by atoms with Crippen molar-refractivity contribution < 1.29 is 0 Å². The third-order valence-corrected chi connectivity index (χ3v) is 4.83. The van der Waals surface area contributed by atoms with Gasteiger partial charge in [-0.25, -0.2) is 15.0 Å². The molecule has 0 aliphatic carbocycles. The van der Waals surface area contributed by atoms with Crippen LogP contribution in [0.2, 0.25) is 0 Å². The first-order valence-corrected chi connectivity index (χ1v) is 8.91. The lowest BCUT2D eigenvalue weighted by Crippen LogP contribution is -2.47. The molecule has 8 heteroatoms. The standard InChI is InChI=1S/C19H18N8/c1-2-4-14(5-3-1)15-6-7-16(25-24-15)26-8-10-27(11-9-26)19-17-18(21-12-20-17)22-13-23-19/h1-7,12-13H,8-11H2,(H,20,21,22,23). The first-order chi connectivity index (χ1) is 13.4. The van der Waals surface area contributed by atoms with Gasteiger partial charge < -0.3 is 14.8 Å². The Morgan fingerprint density at radius 3 is 2.37 bits per heavy atom. The van der Waals surface area contributed by atoms with Crippen LogP contribution in [0.15, 0.2) is 55.1 Å². The molecule has 5 rings (SSSR count). The number of anilines is 2. The quantitative estimate of drug-likeness (QED) is 0.600. The van der Waals surface area contributed by atoms with Crippen molar-refractivity contribution in [3.63, 3.8) is 0 Å². The Hall–Kier alpha value is -3.55. The van der Waals surface area contributed by atoms with E-state index in [1.54, 1.807) is 12.7 Å². The van der Waals surface area contributed by atoms with Crippen LogP contribution in [0.25, 0.3) is 22.4 Å². The monoisotopic (exact) mass is 358 g/mol. The molecule has 1 aromatic carbocycles. The second kappa shape index (κ2) is 6.64. The lowest BCUT2D eigenvalue weighted by Gasteiger charge is -2.35. The fraction of sp³-hybridized carbons (Fsp3) is 0.211. The summed E-state index contributed by atoms with van der Waals surface area (Å²) in [5, 5.41) is 8.83. The van der Waals surface area contributed by atoms with Gasteiger partial charge in [0.05, 0.1) is 12.0 Å². The number of benzene rings is 1. The number of fused-ring (bicyclic) bond motifs is 1. The number of rotatable bonds is 3. The van der Waals surface area contributed by atoms with E-state index < -0.39 is 0 Å². The smallest absolute Gasteiger partial charge is 0.182 e. The van der Waals surface area contributed by atoms with Crippen LogP contribution in [-0.2, 0) is 0 Å². The SMILES string of the molecule is c1ccc(-c2ccc(N3CCN(c4ncnc5nc[nH]c45)CC3)nn2)cc1. The summed E-state index contributed by atoms with van der Waals surface area (Å²) in [6.07, 6.45) is 3.22. The number of nitrogens with zero attached hydrogens (tertiary/aromatic N) is 7. The average Bonchev–Trinajstić information content (AvgIpc) is 3.24. The summed E-state index contributed by atoms with van der Waals surface area (Å²) in [6, 6.07) is 14.2. The van der Waals surface area contributed by atoms with E-state index >= 15 is 0 Å². The number of aromatic nitrogens is 6. The zero-order chi connectivity index (χ0) is 18.1. The molecule has 27 heavy (non-hydrogen) atoms. The van der Waals surface area contributed by atoms with Crippen LogP contribution in [-0.4, -0.2) is 56.3 Å². The summed E-state index contributed by atoms with van der Waals surface area (Å²) in [6.45, 7) is 3.43. The van der Waals surface area contributed by atoms with Gasteiger partial charge in [0.2, 0.25) is 0 Å². The van der Waals surface area contributed by atoms with Gasteiger partial charge >= 0.3 is 0 Å². The molecule has 1 saturated heterocycles. The Balaban J connectivity index is 1.30. The highest BCUT2D eigenvalue weighted by atomic mass is 15.3. The summed E-state index contributed by atoms with van der Waals surface area (Å²) in [7, 11) is 0. The number of piperazine rings is 1. The van der Waals surface area contributed by atoms with E-state index in [4.69, 9.17) is 0 Å². The first kappa shape index (κ1) is 15.7. The van der Waals surface area contributed by atoms with Crippen LogP contribution in [0.3, 0.4) is 0 Å². The molecule has 0 atom stereocenters. The number of imidazole rings is 1. The molecule has 1 aliphatic heterocycles. The van der Waals surface area contributed by atoms with E-state index in [-0.39, 0.29) is 0 Å². The largest absolute Gasteiger partial charge is 0.352 e. The Labute approximate surface area is 155 Å². The van der Waals surface area contributed by atoms with Crippen LogP contribution in [0, 0.1) is 0 Å². The molecule has 1 aliphatic rings. The van der Waals surface area contributed by atoms with Crippen molar-refractivity contribution in [1.29, 1.82) is 0 Å². The summed E-state index contributed by atoms with van der Waals surface area (Å²) < 4.78 is 0. The number of hydrogen-bond donors (Lipinski definition) is 1. The van der Waals surface area contributed by atoms with Gasteiger partial charge in [-0.15, -0.1) is 10.2 Å². The summed E-state index contributed by atoms with van der Waals surface area (Å²) >= 11 is 0. The highest BCUT2D eigenvalue weighted by Crippen LogP contribution is 2.23. The fourth-order valence-electron chi connectivity index (χ4n) is 3.40. The third-order valence-electron chi connectivity index (χ3n) is 4.83. The van der Waals surface area contributed by atoms with Gasteiger partial charge in [0.25, 0.3) is 0 Å². The van der Waals surface area contributed by atoms with Crippen LogP contribution in [0.1, 0.15) is 0 Å². The van der Waals surface area contributed by atoms with Crippen molar-refractivity contribution in [1.82, 2.24) is 30.1 Å². The maximum Gasteiger partial charge on any atom is 0.182 e. The normalized spacial score (nSPS) is 14.7. The molecule has 1 N–H and O–H groups in total. The lowest BCUT2D eigenvalue weighted by molar-refractivity contribution is 0.639. The van der Waals surface area contributed by atoms with Crippen molar-refractivity contribution in [2.75, 3.05) is 36.0 Å². The van der Waals surface area contributed by atoms with E-state index in [1.807, 2.05) is 42.5 Å².